The molecule has 0 atom stereocenters. The highest BCUT2D eigenvalue weighted by Crippen LogP contribution is 2.29. The van der Waals surface area contributed by atoms with E-state index in [0.717, 1.165) is 38.5 Å². The normalized spacial score (nSPS) is 15.0. The SMILES string of the molecule is Cc1nc(S(=O)(=O)Nc2ccc(OCCN3CCN(c4nsc5ccccc45)CC3)cc2)cn1C. The van der Waals surface area contributed by atoms with Crippen LogP contribution in [0.2, 0.25) is 0 Å². The molecule has 4 aromatic rings. The molecule has 9 nitrogen and oxygen atoms in total. The van der Waals surface area contributed by atoms with Crippen LogP contribution in [0.3, 0.4) is 0 Å². The van der Waals surface area contributed by atoms with Crippen molar-refractivity contribution in [1.29, 1.82) is 0 Å². The first kappa shape index (κ1) is 23.6. The molecule has 0 amide bonds. The standard InChI is InChI=1S/C24H28N6O3S2/c1-18-25-23(17-28(18)2)35(31,32)27-19-7-9-20(10-8-19)33-16-15-29-11-13-30(14-12-29)24-21-5-3-4-6-22(21)34-26-24/h3-10,17,27H,11-16H2,1-2H3. The molecule has 5 rings (SSSR count). The van der Waals surface area contributed by atoms with Gasteiger partial charge in [-0.15, -0.1) is 0 Å². The molecule has 0 spiro atoms. The fraction of sp³-hybridized carbons (Fsp3) is 0.333. The second-order valence-electron chi connectivity index (χ2n) is 8.55. The molecule has 0 saturated carbocycles. The number of aryl methyl sites for hydroxylation is 2. The van der Waals surface area contributed by atoms with Gasteiger partial charge in [-0.05, 0) is 54.9 Å². The van der Waals surface area contributed by atoms with Gasteiger partial charge in [0.25, 0.3) is 10.0 Å². The smallest absolute Gasteiger partial charge is 0.280 e. The van der Waals surface area contributed by atoms with Gasteiger partial charge in [-0.2, -0.15) is 12.8 Å². The maximum atomic E-state index is 12.5. The Balaban J connectivity index is 1.08. The number of rotatable bonds is 8. The Hall–Kier alpha value is -3.15. The van der Waals surface area contributed by atoms with Crippen LogP contribution < -0.4 is 14.4 Å². The predicted molar refractivity (Wildman–Crippen MR) is 139 cm³/mol. The molecule has 11 heteroatoms. The van der Waals surface area contributed by atoms with Gasteiger partial charge in [-0.1, -0.05) is 12.1 Å². The molecule has 1 N–H and O–H groups in total. The van der Waals surface area contributed by atoms with Crippen molar-refractivity contribution in [2.75, 3.05) is 49.0 Å². The van der Waals surface area contributed by atoms with Gasteiger partial charge in [0.15, 0.2) is 5.03 Å². The van der Waals surface area contributed by atoms with E-state index < -0.39 is 10.0 Å². The summed E-state index contributed by atoms with van der Waals surface area (Å²) in [7, 11) is -1.97. The number of piperazine rings is 1. The topological polar surface area (TPSA) is 92.6 Å². The molecule has 2 aromatic carbocycles. The van der Waals surface area contributed by atoms with Crippen molar-refractivity contribution in [3.8, 4) is 5.75 Å². The molecule has 1 fully saturated rings. The van der Waals surface area contributed by atoms with E-state index in [0.29, 0.717) is 23.9 Å². The fourth-order valence-electron chi connectivity index (χ4n) is 4.06. The van der Waals surface area contributed by atoms with Crippen molar-refractivity contribution >= 4 is 43.1 Å². The monoisotopic (exact) mass is 512 g/mol. The zero-order chi connectivity index (χ0) is 24.4. The van der Waals surface area contributed by atoms with Gasteiger partial charge in [0.1, 0.15) is 24.0 Å². The first-order chi connectivity index (χ1) is 16.9. The number of nitrogens with one attached hydrogen (secondary N) is 1. The summed E-state index contributed by atoms with van der Waals surface area (Å²) in [5.41, 5.74) is 0.464. The van der Waals surface area contributed by atoms with Crippen LogP contribution in [0.4, 0.5) is 11.5 Å². The van der Waals surface area contributed by atoms with Gasteiger partial charge in [-0.25, -0.2) is 4.98 Å². The molecule has 0 unspecified atom stereocenters. The second kappa shape index (κ2) is 9.84. The third-order valence-electron chi connectivity index (χ3n) is 6.17. The largest absolute Gasteiger partial charge is 0.492 e. The molecule has 1 saturated heterocycles. The number of fused-ring (bicyclic) bond motifs is 1. The van der Waals surface area contributed by atoms with Crippen molar-refractivity contribution in [3.05, 3.63) is 60.6 Å². The van der Waals surface area contributed by atoms with Gasteiger partial charge >= 0.3 is 0 Å². The summed E-state index contributed by atoms with van der Waals surface area (Å²) in [6.07, 6.45) is 1.49. The summed E-state index contributed by atoms with van der Waals surface area (Å²) >= 11 is 1.56. The zero-order valence-corrected chi connectivity index (χ0v) is 21.3. The number of aromatic nitrogens is 3. The Labute approximate surface area is 209 Å². The number of nitrogens with zero attached hydrogens (tertiary/aromatic N) is 5. The average Bonchev–Trinajstić information content (AvgIpc) is 3.44. The number of sulfonamides is 1. The number of hydrogen-bond donors (Lipinski definition) is 1. The Morgan fingerprint density at radius 1 is 1.06 bits per heavy atom. The van der Waals surface area contributed by atoms with Crippen LogP contribution in [0.5, 0.6) is 5.75 Å². The summed E-state index contributed by atoms with van der Waals surface area (Å²) in [4.78, 5) is 8.84. The quantitative estimate of drug-likeness (QED) is 0.387. The average molecular weight is 513 g/mol. The van der Waals surface area contributed by atoms with Crippen LogP contribution in [-0.2, 0) is 17.1 Å². The third-order valence-corrected chi connectivity index (χ3v) is 8.24. The minimum atomic E-state index is -3.73. The van der Waals surface area contributed by atoms with E-state index >= 15 is 0 Å². The van der Waals surface area contributed by atoms with Gasteiger partial charge in [-0.3, -0.25) is 9.62 Å². The van der Waals surface area contributed by atoms with E-state index in [1.807, 2.05) is 0 Å². The Kier molecular flexibility index (Phi) is 6.63. The lowest BCUT2D eigenvalue weighted by Crippen LogP contribution is -2.47. The maximum absolute atomic E-state index is 12.5. The Morgan fingerprint density at radius 2 is 1.80 bits per heavy atom. The fourth-order valence-corrected chi connectivity index (χ4v) is 5.95. The maximum Gasteiger partial charge on any atom is 0.280 e. The van der Waals surface area contributed by atoms with Crippen molar-refractivity contribution in [2.24, 2.45) is 7.05 Å². The lowest BCUT2D eigenvalue weighted by molar-refractivity contribution is 0.200. The van der Waals surface area contributed by atoms with Crippen molar-refractivity contribution in [2.45, 2.75) is 11.9 Å². The number of anilines is 2. The van der Waals surface area contributed by atoms with E-state index in [9.17, 15) is 8.42 Å². The number of ether oxygens (including phenoxy) is 1. The van der Waals surface area contributed by atoms with E-state index in [1.54, 1.807) is 54.3 Å². The molecule has 0 radical (unpaired) electrons. The first-order valence-corrected chi connectivity index (χ1v) is 13.7. The lowest BCUT2D eigenvalue weighted by Gasteiger charge is -2.34. The summed E-state index contributed by atoms with van der Waals surface area (Å²) in [5, 5.41) is 1.23. The minimum Gasteiger partial charge on any atom is -0.492 e. The molecular formula is C24H28N6O3S2. The van der Waals surface area contributed by atoms with Crippen LogP contribution in [0, 0.1) is 6.92 Å². The molecule has 3 heterocycles. The number of benzene rings is 2. The van der Waals surface area contributed by atoms with Crippen LogP contribution >= 0.6 is 11.5 Å². The summed E-state index contributed by atoms with van der Waals surface area (Å²) in [6, 6.07) is 15.3. The molecule has 1 aliphatic heterocycles. The lowest BCUT2D eigenvalue weighted by atomic mass is 10.2. The molecular weight excluding hydrogens is 484 g/mol. The summed E-state index contributed by atoms with van der Waals surface area (Å²) in [6.45, 7) is 6.97. The van der Waals surface area contributed by atoms with Crippen LogP contribution in [0.1, 0.15) is 5.82 Å². The highest BCUT2D eigenvalue weighted by atomic mass is 32.2. The highest BCUT2D eigenvalue weighted by molar-refractivity contribution is 7.92. The molecule has 0 bridgehead atoms. The first-order valence-electron chi connectivity index (χ1n) is 11.5. The molecule has 35 heavy (non-hydrogen) atoms. The Morgan fingerprint density at radius 3 is 2.51 bits per heavy atom. The van der Waals surface area contributed by atoms with Crippen molar-refractivity contribution in [1.82, 2.24) is 18.8 Å². The molecule has 0 aliphatic carbocycles. The second-order valence-corrected chi connectivity index (χ2v) is 11.0. The van der Waals surface area contributed by atoms with E-state index in [2.05, 4.69) is 48.1 Å². The highest BCUT2D eigenvalue weighted by Gasteiger charge is 2.21. The van der Waals surface area contributed by atoms with Gasteiger partial charge in [0.05, 0.1) is 4.70 Å². The molecule has 184 valence electrons. The van der Waals surface area contributed by atoms with Crippen LogP contribution in [0.25, 0.3) is 10.1 Å². The molecule has 2 aromatic heterocycles. The van der Waals surface area contributed by atoms with Crippen molar-refractivity contribution in [3.63, 3.8) is 0 Å². The molecule has 1 aliphatic rings. The minimum absolute atomic E-state index is 0.000824. The van der Waals surface area contributed by atoms with Crippen molar-refractivity contribution < 1.29 is 13.2 Å². The van der Waals surface area contributed by atoms with Crippen LogP contribution in [0.15, 0.2) is 59.8 Å². The van der Waals surface area contributed by atoms with Gasteiger partial charge < -0.3 is 14.2 Å². The third kappa shape index (κ3) is 5.26. The van der Waals surface area contributed by atoms with E-state index in [1.165, 1.54) is 16.3 Å². The van der Waals surface area contributed by atoms with Gasteiger partial charge in [0, 0.05) is 57.0 Å². The number of imidazole rings is 1. The summed E-state index contributed by atoms with van der Waals surface area (Å²) in [5.74, 6) is 2.43. The van der Waals surface area contributed by atoms with Gasteiger partial charge in [0.2, 0.25) is 0 Å². The number of hydrogen-bond acceptors (Lipinski definition) is 8. The van der Waals surface area contributed by atoms with E-state index in [-0.39, 0.29) is 5.03 Å². The zero-order valence-electron chi connectivity index (χ0n) is 19.7. The summed E-state index contributed by atoms with van der Waals surface area (Å²) < 4.78 is 41.1. The Bertz CT molecular complexity index is 1390. The van der Waals surface area contributed by atoms with Crippen LogP contribution in [-0.4, -0.2) is 66.6 Å². The predicted octanol–water partition coefficient (Wildman–Crippen LogP) is 3.34. The van der Waals surface area contributed by atoms with E-state index in [4.69, 9.17) is 4.74 Å².